The van der Waals surface area contributed by atoms with Crippen LogP contribution in [0.25, 0.3) is 0 Å². The molecule has 0 heterocycles. The van der Waals surface area contributed by atoms with Crippen LogP contribution in [0.3, 0.4) is 0 Å². The normalized spacial score (nSPS) is 13.0. The molecular formula is C16H10F8O2S. The Labute approximate surface area is 148 Å². The van der Waals surface area contributed by atoms with Crippen molar-refractivity contribution < 1.29 is 43.5 Å². The molecule has 0 atom stereocenters. The Morgan fingerprint density at radius 2 is 1.00 bits per heavy atom. The molecule has 0 spiro atoms. The second kappa shape index (κ2) is 7.10. The van der Waals surface area contributed by atoms with Crippen molar-refractivity contribution >= 4 is 9.84 Å². The van der Waals surface area contributed by atoms with E-state index in [0.29, 0.717) is 24.3 Å². The van der Waals surface area contributed by atoms with Gasteiger partial charge in [-0.15, -0.1) is 0 Å². The zero-order valence-electron chi connectivity index (χ0n) is 13.1. The summed E-state index contributed by atoms with van der Waals surface area (Å²) in [4.78, 5) is -2.17. The maximum Gasteiger partial charge on any atom is 0.393 e. The fourth-order valence-corrected chi connectivity index (χ4v) is 3.69. The Morgan fingerprint density at radius 3 is 1.26 bits per heavy atom. The summed E-state index contributed by atoms with van der Waals surface area (Å²) in [6.45, 7) is 0. The van der Waals surface area contributed by atoms with Gasteiger partial charge in [-0.2, -0.15) is 26.3 Å². The average molecular weight is 418 g/mol. The van der Waals surface area contributed by atoms with Gasteiger partial charge in [0.2, 0.25) is 9.84 Å². The van der Waals surface area contributed by atoms with E-state index in [1.165, 1.54) is 0 Å². The molecule has 2 aromatic rings. The van der Waals surface area contributed by atoms with Gasteiger partial charge in [0, 0.05) is 0 Å². The molecule has 0 saturated carbocycles. The third kappa shape index (κ3) is 5.41. The molecule has 0 aliphatic carbocycles. The molecular weight excluding hydrogens is 408 g/mol. The summed E-state index contributed by atoms with van der Waals surface area (Å²) in [5.74, 6) is -3.06. The Hall–Kier alpha value is -2.17. The second-order valence-electron chi connectivity index (χ2n) is 5.62. The van der Waals surface area contributed by atoms with Crippen molar-refractivity contribution in [1.29, 1.82) is 0 Å². The van der Waals surface area contributed by atoms with Crippen LogP contribution in [0.15, 0.2) is 46.2 Å². The molecule has 0 aliphatic heterocycles. The van der Waals surface area contributed by atoms with Crippen molar-refractivity contribution in [3.05, 3.63) is 59.2 Å². The second-order valence-corrected chi connectivity index (χ2v) is 7.50. The first-order valence-electron chi connectivity index (χ1n) is 7.14. The average Bonchev–Trinajstić information content (AvgIpc) is 2.42. The summed E-state index contributed by atoms with van der Waals surface area (Å²) in [7, 11) is -4.83. The maximum absolute atomic E-state index is 14.0. The molecule has 0 fully saturated rings. The number of sulfone groups is 1. The number of halogens is 8. The maximum atomic E-state index is 14.0. The van der Waals surface area contributed by atoms with E-state index in [9.17, 15) is 43.5 Å². The third-order valence-corrected chi connectivity index (χ3v) is 5.20. The van der Waals surface area contributed by atoms with Gasteiger partial charge in [0.1, 0.15) is 21.4 Å². The van der Waals surface area contributed by atoms with Crippen LogP contribution in [0.2, 0.25) is 0 Å². The molecule has 2 rings (SSSR count). The summed E-state index contributed by atoms with van der Waals surface area (Å²) in [5, 5.41) is 0. The van der Waals surface area contributed by atoms with Gasteiger partial charge in [-0.1, -0.05) is 12.1 Å². The summed E-state index contributed by atoms with van der Waals surface area (Å²) in [5.41, 5.74) is -1.08. The lowest BCUT2D eigenvalue weighted by Crippen LogP contribution is -2.14. The zero-order valence-corrected chi connectivity index (χ0v) is 13.9. The van der Waals surface area contributed by atoms with E-state index in [2.05, 4.69) is 0 Å². The summed E-state index contributed by atoms with van der Waals surface area (Å²) in [6, 6.07) is 3.26. The number of hydrogen-bond acceptors (Lipinski definition) is 2. The molecule has 0 aliphatic rings. The van der Waals surface area contributed by atoms with Crippen molar-refractivity contribution in [1.82, 2.24) is 0 Å². The highest BCUT2D eigenvalue weighted by Gasteiger charge is 2.31. The molecule has 0 saturated heterocycles. The Balaban J connectivity index is 2.41. The van der Waals surface area contributed by atoms with Gasteiger partial charge in [0.25, 0.3) is 0 Å². The van der Waals surface area contributed by atoms with Crippen molar-refractivity contribution in [2.75, 3.05) is 0 Å². The first-order chi connectivity index (χ1) is 12.2. The minimum absolute atomic E-state index is 0.357. The Morgan fingerprint density at radius 1 is 0.667 bits per heavy atom. The van der Waals surface area contributed by atoms with E-state index in [4.69, 9.17) is 0 Å². The first kappa shape index (κ1) is 21.1. The van der Waals surface area contributed by atoms with Crippen LogP contribution in [0.4, 0.5) is 35.1 Å². The fraction of sp³-hybridized carbons (Fsp3) is 0.250. The van der Waals surface area contributed by atoms with Crippen LogP contribution in [0.5, 0.6) is 0 Å². The predicted octanol–water partition coefficient (Wildman–Crippen LogP) is 5.01. The Bertz CT molecular complexity index is 874. The van der Waals surface area contributed by atoms with Crippen LogP contribution < -0.4 is 0 Å². The molecule has 27 heavy (non-hydrogen) atoms. The van der Waals surface area contributed by atoms with Gasteiger partial charge in [0.15, 0.2) is 0 Å². The zero-order chi connectivity index (χ0) is 20.6. The van der Waals surface area contributed by atoms with E-state index < -0.39 is 67.6 Å². The monoisotopic (exact) mass is 418 g/mol. The number of alkyl halides is 6. The molecule has 0 aromatic heterocycles. The van der Waals surface area contributed by atoms with E-state index >= 15 is 0 Å². The highest BCUT2D eigenvalue weighted by atomic mass is 32.2. The summed E-state index contributed by atoms with van der Waals surface area (Å²) in [6.07, 6.45) is -12.3. The summed E-state index contributed by atoms with van der Waals surface area (Å²) >= 11 is 0. The van der Waals surface area contributed by atoms with Gasteiger partial charge in [0.05, 0.1) is 12.8 Å². The van der Waals surface area contributed by atoms with Crippen LogP contribution in [0.1, 0.15) is 11.1 Å². The third-order valence-electron chi connectivity index (χ3n) is 3.38. The van der Waals surface area contributed by atoms with Crippen molar-refractivity contribution in [3.63, 3.8) is 0 Å². The number of benzene rings is 2. The lowest BCUT2D eigenvalue weighted by atomic mass is 10.1. The molecule has 0 N–H and O–H groups in total. The smallest absolute Gasteiger partial charge is 0.218 e. The van der Waals surface area contributed by atoms with Gasteiger partial charge >= 0.3 is 12.4 Å². The fourth-order valence-electron chi connectivity index (χ4n) is 2.33. The quantitative estimate of drug-likeness (QED) is 0.655. The molecule has 0 radical (unpaired) electrons. The number of rotatable bonds is 4. The Kier molecular flexibility index (Phi) is 5.56. The highest BCUT2D eigenvalue weighted by Crippen LogP contribution is 2.30. The van der Waals surface area contributed by atoms with Crippen molar-refractivity contribution in [2.24, 2.45) is 0 Å². The lowest BCUT2D eigenvalue weighted by molar-refractivity contribution is -0.128. The first-order valence-corrected chi connectivity index (χ1v) is 8.63. The minimum Gasteiger partial charge on any atom is -0.218 e. The van der Waals surface area contributed by atoms with Gasteiger partial charge in [-0.05, 0) is 35.4 Å². The van der Waals surface area contributed by atoms with E-state index in [1.807, 2.05) is 0 Å². The van der Waals surface area contributed by atoms with Crippen LogP contribution in [-0.4, -0.2) is 20.8 Å². The van der Waals surface area contributed by atoms with Crippen molar-refractivity contribution in [2.45, 2.75) is 35.0 Å². The van der Waals surface area contributed by atoms with Gasteiger partial charge < -0.3 is 0 Å². The SMILES string of the molecule is O=S(=O)(c1ccc(CC(F)(F)F)cc1F)c1ccc(CC(F)(F)F)cc1F. The molecule has 148 valence electrons. The van der Waals surface area contributed by atoms with Crippen LogP contribution in [-0.2, 0) is 22.7 Å². The highest BCUT2D eigenvalue weighted by molar-refractivity contribution is 7.91. The van der Waals surface area contributed by atoms with Gasteiger partial charge in [-0.25, -0.2) is 17.2 Å². The largest absolute Gasteiger partial charge is 0.393 e. The van der Waals surface area contributed by atoms with E-state index in [1.54, 1.807) is 0 Å². The minimum atomic E-state index is -4.83. The van der Waals surface area contributed by atoms with E-state index in [-0.39, 0.29) is 0 Å². The molecule has 0 amide bonds. The van der Waals surface area contributed by atoms with E-state index in [0.717, 1.165) is 12.1 Å². The topological polar surface area (TPSA) is 34.1 Å². The van der Waals surface area contributed by atoms with Crippen molar-refractivity contribution in [3.8, 4) is 0 Å². The van der Waals surface area contributed by atoms with Crippen LogP contribution >= 0.6 is 0 Å². The molecule has 11 heteroatoms. The van der Waals surface area contributed by atoms with Crippen LogP contribution in [0, 0.1) is 11.6 Å². The number of hydrogen-bond donors (Lipinski definition) is 0. The molecule has 2 nitrogen and oxygen atoms in total. The molecule has 0 unspecified atom stereocenters. The van der Waals surface area contributed by atoms with Gasteiger partial charge in [-0.3, -0.25) is 0 Å². The molecule has 0 bridgehead atoms. The lowest BCUT2D eigenvalue weighted by Gasteiger charge is -2.11. The molecule has 2 aromatic carbocycles. The predicted molar refractivity (Wildman–Crippen MR) is 77.8 cm³/mol. The summed E-state index contributed by atoms with van der Waals surface area (Å²) < 4.78 is 127. The standard InChI is InChI=1S/C16H10F8O2S/c17-11-5-9(7-15(19,20)21)1-3-13(11)27(25,26)14-4-2-10(6-12(14)18)8-16(22,23)24/h1-6H,7-8H2.